The minimum absolute atomic E-state index is 0.0405. The van der Waals surface area contributed by atoms with Gasteiger partial charge < -0.3 is 10.0 Å². The highest BCUT2D eigenvalue weighted by Crippen LogP contribution is 2.12. The van der Waals surface area contributed by atoms with Gasteiger partial charge in [-0.05, 0) is 6.42 Å². The molecule has 1 rings (SSSR count). The lowest BCUT2D eigenvalue weighted by atomic mass is 10.2. The third-order valence-corrected chi connectivity index (χ3v) is 2.22. The highest BCUT2D eigenvalue weighted by molar-refractivity contribution is 5.73. The summed E-state index contributed by atoms with van der Waals surface area (Å²) in [7, 11) is 0. The maximum atomic E-state index is 10.9. The fourth-order valence-corrected chi connectivity index (χ4v) is 1.41. The molecule has 1 fully saturated rings. The molecule has 0 spiro atoms. The Morgan fingerprint density at radius 1 is 1.62 bits per heavy atom. The van der Waals surface area contributed by atoms with Gasteiger partial charge in [0.2, 0.25) is 5.91 Å². The van der Waals surface area contributed by atoms with Crippen LogP contribution < -0.4 is 5.84 Å². The van der Waals surface area contributed by atoms with Gasteiger partial charge in [0.05, 0.1) is 6.04 Å². The van der Waals surface area contributed by atoms with Gasteiger partial charge in [-0.1, -0.05) is 0 Å². The number of nitrogens with zero attached hydrogens (tertiary/aromatic N) is 2. The molecule has 0 radical (unpaired) electrons. The van der Waals surface area contributed by atoms with Crippen molar-refractivity contribution in [1.82, 2.24) is 9.91 Å². The van der Waals surface area contributed by atoms with Crippen LogP contribution in [-0.4, -0.2) is 46.1 Å². The minimum Gasteiger partial charge on any atom is -0.464 e. The summed E-state index contributed by atoms with van der Waals surface area (Å²) in [5.41, 5.74) is 0. The quantitative estimate of drug-likeness (QED) is 0.328. The van der Waals surface area contributed by atoms with Gasteiger partial charge in [0.1, 0.15) is 0 Å². The van der Waals surface area contributed by atoms with Crippen LogP contribution in [-0.2, 0) is 4.79 Å². The van der Waals surface area contributed by atoms with E-state index in [1.165, 1.54) is 6.92 Å². The molecule has 13 heavy (non-hydrogen) atoms. The van der Waals surface area contributed by atoms with E-state index in [9.17, 15) is 9.59 Å². The summed E-state index contributed by atoms with van der Waals surface area (Å²) in [6.07, 6.45) is -0.544. The lowest BCUT2D eigenvalue weighted by Crippen LogP contribution is -2.46. The smallest absolute Gasteiger partial charge is 0.421 e. The maximum absolute atomic E-state index is 10.9. The summed E-state index contributed by atoms with van der Waals surface area (Å²) in [6.45, 7) is 2.45. The molecular formula is C7H13N3O3. The van der Waals surface area contributed by atoms with Crippen LogP contribution in [0.2, 0.25) is 0 Å². The average molecular weight is 187 g/mol. The molecule has 1 aliphatic rings. The largest absolute Gasteiger partial charge is 0.464 e. The van der Waals surface area contributed by atoms with Crippen LogP contribution in [0.4, 0.5) is 4.79 Å². The van der Waals surface area contributed by atoms with Crippen molar-refractivity contribution in [3.8, 4) is 0 Å². The van der Waals surface area contributed by atoms with Gasteiger partial charge in [-0.3, -0.25) is 4.79 Å². The Morgan fingerprint density at radius 2 is 2.23 bits per heavy atom. The molecule has 6 nitrogen and oxygen atoms in total. The highest BCUT2D eigenvalue weighted by atomic mass is 16.4. The fraction of sp³-hybridized carbons (Fsp3) is 0.714. The van der Waals surface area contributed by atoms with Gasteiger partial charge in [-0.15, -0.1) is 0 Å². The van der Waals surface area contributed by atoms with Crippen molar-refractivity contribution in [2.45, 2.75) is 19.4 Å². The molecular weight excluding hydrogens is 174 g/mol. The van der Waals surface area contributed by atoms with Gasteiger partial charge in [-0.2, -0.15) is 0 Å². The number of rotatable bonds is 1. The Balaban J connectivity index is 2.49. The van der Waals surface area contributed by atoms with Crippen LogP contribution in [0.1, 0.15) is 13.3 Å². The van der Waals surface area contributed by atoms with Gasteiger partial charge >= 0.3 is 6.09 Å². The molecule has 1 aliphatic heterocycles. The Labute approximate surface area is 75.9 Å². The van der Waals surface area contributed by atoms with Crippen LogP contribution in [0.5, 0.6) is 0 Å². The first kappa shape index (κ1) is 9.79. The standard InChI is InChI=1S/C7H13N3O3/c1-5(11)9-3-2-6(4-9)10(8)7(12)13/h6H,2-4,8H2,1H3,(H,12,13)/t6-/m1/s1. The number of likely N-dealkylation sites (tertiary alicyclic amines) is 1. The van der Waals surface area contributed by atoms with Crippen LogP contribution >= 0.6 is 0 Å². The van der Waals surface area contributed by atoms with Crippen molar-refractivity contribution in [2.75, 3.05) is 13.1 Å². The number of hydrogen-bond acceptors (Lipinski definition) is 3. The normalized spacial score (nSPS) is 21.7. The molecule has 3 N–H and O–H groups in total. The molecule has 0 aromatic heterocycles. The number of hydrogen-bond donors (Lipinski definition) is 2. The summed E-state index contributed by atoms with van der Waals surface area (Å²) in [4.78, 5) is 23.0. The van der Waals surface area contributed by atoms with Crippen molar-refractivity contribution >= 4 is 12.0 Å². The second-order valence-corrected chi connectivity index (χ2v) is 3.10. The molecule has 0 saturated carbocycles. The number of carbonyl (C=O) groups is 2. The van der Waals surface area contributed by atoms with Gasteiger partial charge in [0.15, 0.2) is 0 Å². The predicted octanol–water partition coefficient (Wildman–Crippen LogP) is -0.539. The fourth-order valence-electron chi connectivity index (χ4n) is 1.41. The number of amides is 2. The summed E-state index contributed by atoms with van der Waals surface area (Å²) in [5, 5.41) is 9.33. The third kappa shape index (κ3) is 2.09. The zero-order valence-electron chi connectivity index (χ0n) is 7.43. The second kappa shape index (κ2) is 3.61. The molecule has 1 heterocycles. The van der Waals surface area contributed by atoms with Crippen LogP contribution in [0, 0.1) is 0 Å². The molecule has 0 aliphatic carbocycles. The Hall–Kier alpha value is -1.30. The monoisotopic (exact) mass is 187 g/mol. The van der Waals surface area contributed by atoms with Crippen LogP contribution in [0.15, 0.2) is 0 Å². The molecule has 1 atom stereocenters. The highest BCUT2D eigenvalue weighted by Gasteiger charge is 2.29. The topological polar surface area (TPSA) is 86.9 Å². The first-order valence-electron chi connectivity index (χ1n) is 4.04. The zero-order chi connectivity index (χ0) is 10.0. The van der Waals surface area contributed by atoms with E-state index in [1.807, 2.05) is 0 Å². The van der Waals surface area contributed by atoms with Gasteiger partial charge in [-0.25, -0.2) is 15.6 Å². The average Bonchev–Trinajstić information content (AvgIpc) is 2.50. The Morgan fingerprint density at radius 3 is 2.62 bits per heavy atom. The van der Waals surface area contributed by atoms with E-state index < -0.39 is 6.09 Å². The first-order valence-corrected chi connectivity index (χ1v) is 4.04. The lowest BCUT2D eigenvalue weighted by molar-refractivity contribution is -0.127. The van der Waals surface area contributed by atoms with E-state index in [0.717, 1.165) is 5.01 Å². The van der Waals surface area contributed by atoms with Gasteiger partial charge in [0.25, 0.3) is 0 Å². The lowest BCUT2D eigenvalue weighted by Gasteiger charge is -2.20. The second-order valence-electron chi connectivity index (χ2n) is 3.10. The van der Waals surface area contributed by atoms with E-state index in [2.05, 4.69) is 0 Å². The minimum atomic E-state index is -1.16. The van der Waals surface area contributed by atoms with E-state index >= 15 is 0 Å². The van der Waals surface area contributed by atoms with Crippen molar-refractivity contribution in [1.29, 1.82) is 0 Å². The Bertz CT molecular complexity index is 231. The van der Waals surface area contributed by atoms with E-state index in [0.29, 0.717) is 19.5 Å². The molecule has 1 saturated heterocycles. The predicted molar refractivity (Wildman–Crippen MR) is 44.7 cm³/mol. The Kier molecular flexibility index (Phi) is 2.72. The van der Waals surface area contributed by atoms with E-state index in [4.69, 9.17) is 10.9 Å². The molecule has 6 heteroatoms. The maximum Gasteiger partial charge on any atom is 0.421 e. The van der Waals surface area contributed by atoms with Crippen molar-refractivity contribution in [3.05, 3.63) is 0 Å². The van der Waals surface area contributed by atoms with Crippen LogP contribution in [0.25, 0.3) is 0 Å². The zero-order valence-corrected chi connectivity index (χ0v) is 7.43. The molecule has 2 amide bonds. The van der Waals surface area contributed by atoms with Crippen LogP contribution in [0.3, 0.4) is 0 Å². The number of nitrogens with two attached hydrogens (primary N) is 1. The molecule has 0 bridgehead atoms. The summed E-state index contributed by atoms with van der Waals surface area (Å²) in [5.74, 6) is 5.24. The summed E-state index contributed by atoms with van der Waals surface area (Å²) in [6, 6.07) is -0.263. The number of carboxylic acid groups (broad SMARTS) is 1. The first-order chi connectivity index (χ1) is 6.02. The third-order valence-electron chi connectivity index (χ3n) is 2.22. The summed E-state index contributed by atoms with van der Waals surface area (Å²) >= 11 is 0. The number of hydrazine groups is 1. The molecule has 74 valence electrons. The van der Waals surface area contributed by atoms with Crippen molar-refractivity contribution < 1.29 is 14.7 Å². The van der Waals surface area contributed by atoms with E-state index in [1.54, 1.807) is 4.90 Å². The number of carbonyl (C=O) groups excluding carboxylic acids is 1. The van der Waals surface area contributed by atoms with E-state index in [-0.39, 0.29) is 11.9 Å². The summed E-state index contributed by atoms with van der Waals surface area (Å²) < 4.78 is 0. The van der Waals surface area contributed by atoms with Gasteiger partial charge in [0, 0.05) is 20.0 Å². The molecule has 0 unspecified atom stereocenters. The molecule has 0 aromatic carbocycles. The SMILES string of the molecule is CC(=O)N1CC[C@@H](N(N)C(=O)O)C1. The van der Waals surface area contributed by atoms with Crippen molar-refractivity contribution in [2.24, 2.45) is 5.84 Å². The molecule has 0 aromatic rings. The van der Waals surface area contributed by atoms with Crippen molar-refractivity contribution in [3.63, 3.8) is 0 Å².